The predicted molar refractivity (Wildman–Crippen MR) is 81.3 cm³/mol. The first-order valence-corrected chi connectivity index (χ1v) is 8.83. The van der Waals surface area contributed by atoms with E-state index >= 15 is 0 Å². The lowest BCUT2D eigenvalue weighted by molar-refractivity contribution is -0.216. The van der Waals surface area contributed by atoms with Crippen LogP contribution in [0.1, 0.15) is 47.5 Å². The van der Waals surface area contributed by atoms with Gasteiger partial charge in [0, 0.05) is 39.2 Å². The van der Waals surface area contributed by atoms with Crippen LogP contribution in [0.3, 0.4) is 0 Å². The molecule has 0 spiro atoms. The zero-order valence-corrected chi connectivity index (χ0v) is 15.0. The van der Waals surface area contributed by atoms with E-state index in [1.807, 2.05) is 20.8 Å². The summed E-state index contributed by atoms with van der Waals surface area (Å²) in [5.74, 6) is -1.70. The Morgan fingerprint density at radius 2 is 1.71 bits per heavy atom. The number of rotatable bonds is 11. The molecule has 0 saturated carbocycles. The first-order valence-electron chi connectivity index (χ1n) is 7.20. The SMILES string of the molecule is C=C(C)C(=O)OC(C)(CCC)O[Si](OC)(OCC)OCC. The van der Waals surface area contributed by atoms with Gasteiger partial charge in [-0.2, -0.15) is 0 Å². The van der Waals surface area contributed by atoms with Crippen molar-refractivity contribution < 1.29 is 27.2 Å². The molecule has 0 rings (SSSR count). The van der Waals surface area contributed by atoms with E-state index in [1.54, 1.807) is 13.8 Å². The Morgan fingerprint density at radius 3 is 2.05 bits per heavy atom. The van der Waals surface area contributed by atoms with Crippen LogP contribution in [0.25, 0.3) is 0 Å². The van der Waals surface area contributed by atoms with E-state index in [-0.39, 0.29) is 0 Å². The number of esters is 1. The molecule has 7 heteroatoms. The fraction of sp³-hybridized carbons (Fsp3) is 0.786. The normalized spacial score (nSPS) is 14.6. The Balaban J connectivity index is 5.22. The molecule has 0 aliphatic rings. The summed E-state index contributed by atoms with van der Waals surface area (Å²) in [6, 6.07) is 0. The van der Waals surface area contributed by atoms with Gasteiger partial charge in [0.15, 0.2) is 0 Å². The lowest BCUT2D eigenvalue weighted by Gasteiger charge is -2.36. The molecule has 0 aromatic rings. The molecule has 21 heavy (non-hydrogen) atoms. The minimum atomic E-state index is -3.35. The van der Waals surface area contributed by atoms with E-state index in [0.717, 1.165) is 6.42 Å². The Hall–Kier alpha value is -0.733. The highest BCUT2D eigenvalue weighted by Gasteiger charge is 2.51. The van der Waals surface area contributed by atoms with E-state index in [9.17, 15) is 4.79 Å². The van der Waals surface area contributed by atoms with Crippen LogP contribution in [-0.4, -0.2) is 41.1 Å². The quantitative estimate of drug-likeness (QED) is 0.252. The number of hydrogen-bond acceptors (Lipinski definition) is 6. The second-order valence-electron chi connectivity index (χ2n) is 4.73. The Kier molecular flexibility index (Phi) is 8.99. The highest BCUT2D eigenvalue weighted by molar-refractivity contribution is 6.53. The van der Waals surface area contributed by atoms with Crippen LogP contribution in [-0.2, 0) is 27.2 Å². The van der Waals surface area contributed by atoms with Crippen LogP contribution >= 0.6 is 0 Å². The molecule has 0 heterocycles. The van der Waals surface area contributed by atoms with Crippen molar-refractivity contribution in [3.8, 4) is 0 Å². The summed E-state index contributed by atoms with van der Waals surface area (Å²) in [4.78, 5) is 11.8. The van der Waals surface area contributed by atoms with Crippen molar-refractivity contribution in [2.24, 2.45) is 0 Å². The van der Waals surface area contributed by atoms with E-state index in [2.05, 4.69) is 6.58 Å². The van der Waals surface area contributed by atoms with Crippen LogP contribution in [0.15, 0.2) is 12.2 Å². The minimum absolute atomic E-state index is 0.304. The summed E-state index contributed by atoms with van der Waals surface area (Å²) in [6.45, 7) is 13.2. The van der Waals surface area contributed by atoms with Gasteiger partial charge in [-0.05, 0) is 27.2 Å². The van der Waals surface area contributed by atoms with Crippen molar-refractivity contribution in [1.82, 2.24) is 0 Å². The van der Waals surface area contributed by atoms with Crippen molar-refractivity contribution >= 4 is 15.0 Å². The summed E-state index contributed by atoms with van der Waals surface area (Å²) in [5, 5.41) is 0. The minimum Gasteiger partial charge on any atom is -0.431 e. The molecule has 0 aliphatic heterocycles. The molecule has 0 N–H and O–H groups in total. The fourth-order valence-electron chi connectivity index (χ4n) is 1.74. The lowest BCUT2D eigenvalue weighted by Crippen LogP contribution is -2.55. The summed E-state index contributed by atoms with van der Waals surface area (Å²) in [7, 11) is -1.89. The third-order valence-corrected chi connectivity index (χ3v) is 5.06. The molecule has 124 valence electrons. The number of ether oxygens (including phenoxy) is 1. The maximum atomic E-state index is 11.8. The molecule has 0 bridgehead atoms. The van der Waals surface area contributed by atoms with Crippen molar-refractivity contribution in [1.29, 1.82) is 0 Å². The zero-order valence-electron chi connectivity index (χ0n) is 14.0. The van der Waals surface area contributed by atoms with Gasteiger partial charge in [-0.25, -0.2) is 4.79 Å². The highest BCUT2D eigenvalue weighted by Crippen LogP contribution is 2.27. The molecule has 6 nitrogen and oxygen atoms in total. The van der Waals surface area contributed by atoms with Crippen molar-refractivity contribution in [3.63, 3.8) is 0 Å². The van der Waals surface area contributed by atoms with Crippen LogP contribution in [0.2, 0.25) is 0 Å². The molecule has 0 amide bonds. The van der Waals surface area contributed by atoms with Gasteiger partial charge in [0.25, 0.3) is 0 Å². The Morgan fingerprint density at radius 1 is 1.19 bits per heavy atom. The third-order valence-electron chi connectivity index (χ3n) is 2.59. The summed E-state index contributed by atoms with van der Waals surface area (Å²) < 4.78 is 27.8. The number of carbonyl (C=O) groups excluding carboxylic acids is 1. The molecule has 0 aliphatic carbocycles. The van der Waals surface area contributed by atoms with Gasteiger partial charge in [-0.15, -0.1) is 0 Å². The standard InChI is InChI=1S/C14H28O6Si/c1-8-11-14(6,19-13(15)12(4)5)20-21(16-7,17-9-2)18-10-3/h4,8-11H2,1-3,5-7H3. The molecule has 1 unspecified atom stereocenters. The highest BCUT2D eigenvalue weighted by atomic mass is 28.4. The van der Waals surface area contributed by atoms with Gasteiger partial charge in [-0.1, -0.05) is 13.5 Å². The molecular formula is C14H28O6Si. The third kappa shape index (κ3) is 6.71. The average molecular weight is 320 g/mol. The molecular weight excluding hydrogens is 292 g/mol. The van der Waals surface area contributed by atoms with Gasteiger partial charge >= 0.3 is 15.0 Å². The van der Waals surface area contributed by atoms with Gasteiger partial charge in [0.2, 0.25) is 5.79 Å². The summed E-state index contributed by atoms with van der Waals surface area (Å²) in [5.41, 5.74) is 0.304. The molecule has 0 radical (unpaired) electrons. The topological polar surface area (TPSA) is 63.2 Å². The Bertz CT molecular complexity index is 340. The van der Waals surface area contributed by atoms with Crippen molar-refractivity contribution in [3.05, 3.63) is 12.2 Å². The van der Waals surface area contributed by atoms with Crippen LogP contribution < -0.4 is 0 Å². The first-order chi connectivity index (χ1) is 9.78. The zero-order chi connectivity index (χ0) is 16.5. The second kappa shape index (κ2) is 9.32. The fourth-order valence-corrected chi connectivity index (χ4v) is 3.64. The maximum absolute atomic E-state index is 11.8. The predicted octanol–water partition coefficient (Wildman–Crippen LogP) is 2.79. The number of hydrogen-bond donors (Lipinski definition) is 0. The molecule has 1 atom stereocenters. The van der Waals surface area contributed by atoms with Crippen molar-refractivity contribution in [2.45, 2.75) is 53.2 Å². The van der Waals surface area contributed by atoms with E-state index in [4.69, 9.17) is 22.4 Å². The smallest absolute Gasteiger partial charge is 0.431 e. The number of carbonyl (C=O) groups is 1. The van der Waals surface area contributed by atoms with E-state index in [1.165, 1.54) is 7.11 Å². The van der Waals surface area contributed by atoms with Crippen molar-refractivity contribution in [2.75, 3.05) is 20.3 Å². The second-order valence-corrected chi connectivity index (χ2v) is 6.92. The monoisotopic (exact) mass is 320 g/mol. The van der Waals surface area contributed by atoms with E-state index in [0.29, 0.717) is 25.2 Å². The molecule has 0 aromatic heterocycles. The Labute approximate surface area is 128 Å². The summed E-state index contributed by atoms with van der Waals surface area (Å²) in [6.07, 6.45) is 1.25. The molecule has 0 saturated heterocycles. The first kappa shape index (κ1) is 20.3. The molecule has 0 aromatic carbocycles. The lowest BCUT2D eigenvalue weighted by atomic mass is 10.2. The van der Waals surface area contributed by atoms with Gasteiger partial charge in [0.05, 0.1) is 0 Å². The largest absolute Gasteiger partial charge is 0.682 e. The molecule has 0 fully saturated rings. The van der Waals surface area contributed by atoms with Crippen LogP contribution in [0.4, 0.5) is 0 Å². The van der Waals surface area contributed by atoms with Crippen LogP contribution in [0, 0.1) is 0 Å². The van der Waals surface area contributed by atoms with Gasteiger partial charge in [-0.3, -0.25) is 0 Å². The maximum Gasteiger partial charge on any atom is 0.682 e. The summed E-state index contributed by atoms with van der Waals surface area (Å²) >= 11 is 0. The average Bonchev–Trinajstić information content (AvgIpc) is 2.38. The van der Waals surface area contributed by atoms with Gasteiger partial charge < -0.3 is 22.4 Å². The van der Waals surface area contributed by atoms with E-state index < -0.39 is 20.8 Å². The van der Waals surface area contributed by atoms with Crippen LogP contribution in [0.5, 0.6) is 0 Å². The van der Waals surface area contributed by atoms with Gasteiger partial charge in [0.1, 0.15) is 0 Å².